The molecule has 0 aromatic heterocycles. The predicted molar refractivity (Wildman–Crippen MR) is 80.7 cm³/mol. The Labute approximate surface area is 123 Å². The fraction of sp³-hybridized carbons (Fsp3) is 0.538. The van der Waals surface area contributed by atoms with Crippen LogP contribution >= 0.6 is 11.8 Å². The van der Waals surface area contributed by atoms with Gasteiger partial charge in [0.25, 0.3) is 0 Å². The van der Waals surface area contributed by atoms with Gasteiger partial charge in [-0.1, -0.05) is 13.0 Å². The molecule has 2 rings (SSSR count). The van der Waals surface area contributed by atoms with E-state index in [1.165, 1.54) is 12.1 Å². The highest BCUT2D eigenvalue weighted by Crippen LogP contribution is 2.31. The number of rotatable bonds is 5. The molecular weight excluding hydrogens is 299 g/mol. The van der Waals surface area contributed by atoms with E-state index in [1.54, 1.807) is 0 Å². The standard InChI is InChI=1S/C13H19FN2O2S2/c1-2-19-10-7-6-9(8-10)16-20(17,18)13-11(14)4-3-5-12(13)15/h3-5,9-10,16H,2,6-8,15H2,1H3. The Kier molecular flexibility index (Phi) is 4.93. The summed E-state index contributed by atoms with van der Waals surface area (Å²) in [6.07, 6.45) is 2.55. The van der Waals surface area contributed by atoms with Crippen LogP contribution in [0.25, 0.3) is 0 Å². The number of benzene rings is 1. The maximum atomic E-state index is 13.7. The van der Waals surface area contributed by atoms with Crippen molar-refractivity contribution >= 4 is 27.5 Å². The van der Waals surface area contributed by atoms with Gasteiger partial charge in [-0.05, 0) is 37.1 Å². The molecule has 0 spiro atoms. The summed E-state index contributed by atoms with van der Waals surface area (Å²) in [7, 11) is -3.90. The molecule has 0 heterocycles. The van der Waals surface area contributed by atoms with Crippen molar-refractivity contribution in [1.82, 2.24) is 4.72 Å². The summed E-state index contributed by atoms with van der Waals surface area (Å²) in [6, 6.07) is 3.76. The monoisotopic (exact) mass is 318 g/mol. The zero-order valence-electron chi connectivity index (χ0n) is 11.3. The molecule has 1 fully saturated rings. The number of anilines is 1. The van der Waals surface area contributed by atoms with Crippen molar-refractivity contribution in [3.63, 3.8) is 0 Å². The lowest BCUT2D eigenvalue weighted by atomic mass is 10.3. The van der Waals surface area contributed by atoms with Crippen molar-refractivity contribution in [2.75, 3.05) is 11.5 Å². The Morgan fingerprint density at radius 3 is 2.85 bits per heavy atom. The van der Waals surface area contributed by atoms with E-state index in [0.717, 1.165) is 31.1 Å². The van der Waals surface area contributed by atoms with Crippen LogP contribution in [0.4, 0.5) is 10.1 Å². The number of hydrogen-bond acceptors (Lipinski definition) is 4. The summed E-state index contributed by atoms with van der Waals surface area (Å²) in [6.45, 7) is 2.09. The Morgan fingerprint density at radius 1 is 1.45 bits per heavy atom. The molecule has 0 amide bonds. The summed E-state index contributed by atoms with van der Waals surface area (Å²) in [5.74, 6) is 0.208. The lowest BCUT2D eigenvalue weighted by molar-refractivity contribution is 0.538. The number of hydrogen-bond donors (Lipinski definition) is 2. The zero-order chi connectivity index (χ0) is 14.8. The van der Waals surface area contributed by atoms with Crippen LogP contribution in [-0.2, 0) is 10.0 Å². The van der Waals surface area contributed by atoms with E-state index in [0.29, 0.717) is 5.25 Å². The summed E-state index contributed by atoms with van der Waals surface area (Å²) >= 11 is 1.84. The lowest BCUT2D eigenvalue weighted by Gasteiger charge is -2.15. The number of thioether (sulfide) groups is 1. The molecule has 0 aliphatic heterocycles. The van der Waals surface area contributed by atoms with Crippen molar-refractivity contribution in [3.05, 3.63) is 24.0 Å². The fourth-order valence-corrected chi connectivity index (χ4v) is 5.14. The minimum absolute atomic E-state index is 0.0602. The van der Waals surface area contributed by atoms with Crippen molar-refractivity contribution in [2.45, 2.75) is 42.4 Å². The zero-order valence-corrected chi connectivity index (χ0v) is 12.9. The van der Waals surface area contributed by atoms with Gasteiger partial charge < -0.3 is 5.73 Å². The van der Waals surface area contributed by atoms with Crippen LogP contribution in [0.15, 0.2) is 23.1 Å². The van der Waals surface area contributed by atoms with E-state index in [1.807, 2.05) is 11.8 Å². The molecule has 0 radical (unpaired) electrons. The van der Waals surface area contributed by atoms with Gasteiger partial charge in [0.05, 0.1) is 5.69 Å². The van der Waals surface area contributed by atoms with E-state index in [4.69, 9.17) is 5.73 Å². The Hall–Kier alpha value is -0.790. The molecule has 3 N–H and O–H groups in total. The van der Waals surface area contributed by atoms with E-state index < -0.39 is 20.7 Å². The molecule has 20 heavy (non-hydrogen) atoms. The highest BCUT2D eigenvalue weighted by Gasteiger charge is 2.30. The van der Waals surface area contributed by atoms with Crippen LogP contribution in [0.5, 0.6) is 0 Å². The molecule has 4 nitrogen and oxygen atoms in total. The van der Waals surface area contributed by atoms with Gasteiger partial charge in [0.15, 0.2) is 0 Å². The van der Waals surface area contributed by atoms with E-state index in [9.17, 15) is 12.8 Å². The maximum Gasteiger partial charge on any atom is 0.245 e. The number of halogens is 1. The quantitative estimate of drug-likeness (QED) is 0.818. The number of nitrogens with two attached hydrogens (primary N) is 1. The van der Waals surface area contributed by atoms with Crippen LogP contribution < -0.4 is 10.5 Å². The second-order valence-corrected chi connectivity index (χ2v) is 8.09. The largest absolute Gasteiger partial charge is 0.398 e. The van der Waals surface area contributed by atoms with Gasteiger partial charge in [0.2, 0.25) is 10.0 Å². The summed E-state index contributed by atoms with van der Waals surface area (Å²) in [4.78, 5) is -0.438. The van der Waals surface area contributed by atoms with Gasteiger partial charge in [-0.25, -0.2) is 17.5 Å². The van der Waals surface area contributed by atoms with Crippen molar-refractivity contribution in [3.8, 4) is 0 Å². The van der Waals surface area contributed by atoms with Gasteiger partial charge in [0, 0.05) is 11.3 Å². The van der Waals surface area contributed by atoms with Crippen molar-refractivity contribution in [2.24, 2.45) is 0 Å². The van der Waals surface area contributed by atoms with Crippen LogP contribution in [0.2, 0.25) is 0 Å². The summed E-state index contributed by atoms with van der Waals surface area (Å²) < 4.78 is 40.8. The molecule has 1 aliphatic rings. The third-order valence-electron chi connectivity index (χ3n) is 3.37. The third-order valence-corrected chi connectivity index (χ3v) is 6.22. The Morgan fingerprint density at radius 2 is 2.20 bits per heavy atom. The van der Waals surface area contributed by atoms with Gasteiger partial charge in [-0.2, -0.15) is 11.8 Å². The fourth-order valence-electron chi connectivity index (χ4n) is 2.52. The molecule has 2 unspecified atom stereocenters. The van der Waals surface area contributed by atoms with Crippen LogP contribution in [0.1, 0.15) is 26.2 Å². The van der Waals surface area contributed by atoms with Crippen molar-refractivity contribution in [1.29, 1.82) is 0 Å². The predicted octanol–water partition coefficient (Wildman–Crippen LogP) is 2.36. The average molecular weight is 318 g/mol. The number of nitrogen functional groups attached to an aromatic ring is 1. The Balaban J connectivity index is 2.13. The van der Waals surface area contributed by atoms with Crippen LogP contribution in [0.3, 0.4) is 0 Å². The smallest absolute Gasteiger partial charge is 0.245 e. The minimum Gasteiger partial charge on any atom is -0.398 e. The van der Waals surface area contributed by atoms with Crippen molar-refractivity contribution < 1.29 is 12.8 Å². The Bertz CT molecular complexity index is 557. The van der Waals surface area contributed by atoms with Gasteiger partial charge >= 0.3 is 0 Å². The number of sulfonamides is 1. The first kappa shape index (κ1) is 15.6. The molecule has 1 aromatic rings. The van der Waals surface area contributed by atoms with Gasteiger partial charge in [-0.3, -0.25) is 0 Å². The maximum absolute atomic E-state index is 13.7. The molecule has 0 saturated heterocycles. The first-order valence-corrected chi connectivity index (χ1v) is 9.15. The van der Waals surface area contributed by atoms with Gasteiger partial charge in [0.1, 0.15) is 10.7 Å². The van der Waals surface area contributed by atoms with Crippen LogP contribution in [-0.4, -0.2) is 25.5 Å². The van der Waals surface area contributed by atoms with Crippen LogP contribution in [0, 0.1) is 5.82 Å². The topological polar surface area (TPSA) is 72.2 Å². The molecule has 1 saturated carbocycles. The van der Waals surface area contributed by atoms with E-state index >= 15 is 0 Å². The molecule has 112 valence electrons. The average Bonchev–Trinajstić information content (AvgIpc) is 2.75. The highest BCUT2D eigenvalue weighted by atomic mass is 32.2. The molecular formula is C13H19FN2O2S2. The third kappa shape index (κ3) is 3.45. The van der Waals surface area contributed by atoms with E-state index in [2.05, 4.69) is 11.6 Å². The first-order valence-electron chi connectivity index (χ1n) is 6.62. The highest BCUT2D eigenvalue weighted by molar-refractivity contribution is 7.99. The SMILES string of the molecule is CCSC1CCC(NS(=O)(=O)c2c(N)cccc2F)C1. The first-order chi connectivity index (χ1) is 9.44. The molecule has 2 atom stereocenters. The number of nitrogens with one attached hydrogen (secondary N) is 1. The second-order valence-electron chi connectivity index (χ2n) is 4.87. The molecule has 7 heteroatoms. The summed E-state index contributed by atoms with van der Waals surface area (Å²) in [5, 5.41) is 0.477. The van der Waals surface area contributed by atoms with E-state index in [-0.39, 0.29) is 11.7 Å². The summed E-state index contributed by atoms with van der Waals surface area (Å²) in [5.41, 5.74) is 5.53. The lowest BCUT2D eigenvalue weighted by Crippen LogP contribution is -2.34. The molecule has 1 aromatic carbocycles. The molecule has 1 aliphatic carbocycles. The second kappa shape index (κ2) is 6.32. The molecule has 0 bridgehead atoms. The van der Waals surface area contributed by atoms with Gasteiger partial charge in [-0.15, -0.1) is 0 Å². The minimum atomic E-state index is -3.90. The normalized spacial score (nSPS) is 23.1.